The van der Waals surface area contributed by atoms with E-state index in [1.165, 1.54) is 4.90 Å². The van der Waals surface area contributed by atoms with Crippen LogP contribution in [0.2, 0.25) is 0 Å². The summed E-state index contributed by atoms with van der Waals surface area (Å²) in [4.78, 5) is 13.9. The van der Waals surface area contributed by atoms with Crippen LogP contribution in [0, 0.1) is 0 Å². The van der Waals surface area contributed by atoms with Gasteiger partial charge in [-0.25, -0.2) is 0 Å². The van der Waals surface area contributed by atoms with Crippen molar-refractivity contribution in [3.8, 4) is 0 Å². The van der Waals surface area contributed by atoms with Crippen molar-refractivity contribution in [2.75, 3.05) is 23.8 Å². The Balaban J connectivity index is 2.20. The number of nitrogen functional groups attached to an aromatic ring is 1. The summed E-state index contributed by atoms with van der Waals surface area (Å²) in [5, 5.41) is 13.0. The third kappa shape index (κ3) is 3.33. The smallest absolute Gasteiger partial charge is 0.231 e. The molecule has 1 aromatic carbocycles. The van der Waals surface area contributed by atoms with Gasteiger partial charge in [0.1, 0.15) is 0 Å². The number of thiophene rings is 1. The lowest BCUT2D eigenvalue weighted by atomic mass is 10.2. The second kappa shape index (κ2) is 6.36. The highest BCUT2D eigenvalue weighted by Crippen LogP contribution is 2.23. The Morgan fingerprint density at radius 3 is 2.74 bits per heavy atom. The van der Waals surface area contributed by atoms with E-state index in [1.54, 1.807) is 23.5 Å². The molecule has 0 aliphatic rings. The van der Waals surface area contributed by atoms with Crippen molar-refractivity contribution in [3.05, 3.63) is 46.7 Å². The van der Waals surface area contributed by atoms with Crippen LogP contribution in [0.5, 0.6) is 0 Å². The number of para-hydroxylation sites is 2. The Bertz CT molecular complexity index is 540. The van der Waals surface area contributed by atoms with Gasteiger partial charge in [-0.05, 0) is 34.5 Å². The number of hydrogen-bond donors (Lipinski definition) is 2. The van der Waals surface area contributed by atoms with Gasteiger partial charge in [-0.1, -0.05) is 12.1 Å². The summed E-state index contributed by atoms with van der Waals surface area (Å²) < 4.78 is 0. The predicted molar refractivity (Wildman–Crippen MR) is 78.3 cm³/mol. The Labute approximate surface area is 116 Å². The van der Waals surface area contributed by atoms with Gasteiger partial charge in [-0.15, -0.1) is 0 Å². The van der Waals surface area contributed by atoms with Crippen LogP contribution in [-0.2, 0) is 11.2 Å². The number of benzene rings is 1. The topological polar surface area (TPSA) is 66.6 Å². The molecule has 0 unspecified atom stereocenters. The van der Waals surface area contributed by atoms with E-state index in [4.69, 9.17) is 10.8 Å². The quantitative estimate of drug-likeness (QED) is 0.820. The molecular formula is C14H16N2O2S. The first-order valence-corrected chi connectivity index (χ1v) is 6.93. The monoisotopic (exact) mass is 276 g/mol. The maximum absolute atomic E-state index is 12.3. The van der Waals surface area contributed by atoms with Gasteiger partial charge in [0.2, 0.25) is 5.91 Å². The second-order valence-electron chi connectivity index (χ2n) is 4.14. The Morgan fingerprint density at radius 2 is 2.11 bits per heavy atom. The third-order valence-electron chi connectivity index (χ3n) is 2.79. The molecule has 0 aliphatic carbocycles. The van der Waals surface area contributed by atoms with Crippen LogP contribution in [0.1, 0.15) is 5.56 Å². The van der Waals surface area contributed by atoms with E-state index < -0.39 is 0 Å². The molecule has 0 fully saturated rings. The minimum absolute atomic E-state index is 0.0645. The molecule has 0 spiro atoms. The van der Waals surface area contributed by atoms with E-state index in [2.05, 4.69) is 0 Å². The number of carbonyl (C=O) groups is 1. The van der Waals surface area contributed by atoms with Crippen molar-refractivity contribution in [2.24, 2.45) is 0 Å². The summed E-state index contributed by atoms with van der Waals surface area (Å²) >= 11 is 1.56. The lowest BCUT2D eigenvalue weighted by Crippen LogP contribution is -2.35. The molecule has 1 heterocycles. The average molecular weight is 276 g/mol. The van der Waals surface area contributed by atoms with E-state index in [1.807, 2.05) is 29.0 Å². The van der Waals surface area contributed by atoms with Crippen LogP contribution < -0.4 is 10.6 Å². The lowest BCUT2D eigenvalue weighted by molar-refractivity contribution is -0.118. The summed E-state index contributed by atoms with van der Waals surface area (Å²) in [5.41, 5.74) is 8.06. The highest BCUT2D eigenvalue weighted by Gasteiger charge is 2.17. The molecule has 0 radical (unpaired) electrons. The molecule has 1 amide bonds. The van der Waals surface area contributed by atoms with Crippen molar-refractivity contribution >= 4 is 28.6 Å². The van der Waals surface area contributed by atoms with E-state index in [0.717, 1.165) is 5.56 Å². The summed E-state index contributed by atoms with van der Waals surface area (Å²) in [6, 6.07) is 9.11. The molecule has 19 heavy (non-hydrogen) atoms. The molecule has 5 heteroatoms. The van der Waals surface area contributed by atoms with Crippen molar-refractivity contribution in [1.82, 2.24) is 0 Å². The van der Waals surface area contributed by atoms with Gasteiger partial charge in [0.15, 0.2) is 0 Å². The first kappa shape index (κ1) is 13.6. The number of aliphatic hydroxyl groups excluding tert-OH is 1. The van der Waals surface area contributed by atoms with Crippen molar-refractivity contribution < 1.29 is 9.90 Å². The number of nitrogens with two attached hydrogens (primary N) is 1. The second-order valence-corrected chi connectivity index (χ2v) is 4.92. The Hall–Kier alpha value is -1.85. The summed E-state index contributed by atoms with van der Waals surface area (Å²) in [7, 11) is 0. The van der Waals surface area contributed by atoms with Gasteiger partial charge in [0, 0.05) is 6.54 Å². The average Bonchev–Trinajstić information content (AvgIpc) is 2.90. The molecule has 2 rings (SSSR count). The highest BCUT2D eigenvalue weighted by molar-refractivity contribution is 7.08. The summed E-state index contributed by atoms with van der Waals surface area (Å²) in [6.07, 6.45) is 0.317. The summed E-state index contributed by atoms with van der Waals surface area (Å²) in [5.74, 6) is -0.0645. The standard InChI is InChI=1S/C14H16N2O2S/c15-12-3-1-2-4-13(12)16(6-7-17)14(18)9-11-5-8-19-10-11/h1-5,8,10,17H,6-7,9,15H2. The summed E-state index contributed by atoms with van der Waals surface area (Å²) in [6.45, 7) is 0.154. The number of rotatable bonds is 5. The minimum Gasteiger partial charge on any atom is -0.397 e. The fourth-order valence-electron chi connectivity index (χ4n) is 1.88. The van der Waals surface area contributed by atoms with E-state index in [9.17, 15) is 4.79 Å². The van der Waals surface area contributed by atoms with Gasteiger partial charge in [-0.2, -0.15) is 11.3 Å². The van der Waals surface area contributed by atoms with Gasteiger partial charge in [-0.3, -0.25) is 4.79 Å². The minimum atomic E-state index is -0.0935. The first-order valence-electron chi connectivity index (χ1n) is 5.99. The van der Waals surface area contributed by atoms with Crippen molar-refractivity contribution in [1.29, 1.82) is 0 Å². The van der Waals surface area contributed by atoms with Gasteiger partial charge < -0.3 is 15.7 Å². The lowest BCUT2D eigenvalue weighted by Gasteiger charge is -2.23. The Kier molecular flexibility index (Phi) is 4.54. The SMILES string of the molecule is Nc1ccccc1N(CCO)C(=O)Cc1ccsc1. The fourth-order valence-corrected chi connectivity index (χ4v) is 2.54. The van der Waals surface area contributed by atoms with Crippen LogP contribution in [0.3, 0.4) is 0 Å². The molecule has 0 bridgehead atoms. The third-order valence-corrected chi connectivity index (χ3v) is 3.52. The molecule has 1 aromatic heterocycles. The van der Waals surface area contributed by atoms with Gasteiger partial charge in [0.05, 0.1) is 24.4 Å². The highest BCUT2D eigenvalue weighted by atomic mass is 32.1. The van der Waals surface area contributed by atoms with Crippen LogP contribution >= 0.6 is 11.3 Å². The van der Waals surface area contributed by atoms with Crippen LogP contribution in [-0.4, -0.2) is 24.2 Å². The number of hydrogen-bond acceptors (Lipinski definition) is 4. The van der Waals surface area contributed by atoms with Crippen LogP contribution in [0.15, 0.2) is 41.1 Å². The van der Waals surface area contributed by atoms with Crippen molar-refractivity contribution in [3.63, 3.8) is 0 Å². The normalized spacial score (nSPS) is 10.4. The molecule has 3 N–H and O–H groups in total. The molecule has 100 valence electrons. The molecule has 0 saturated heterocycles. The largest absolute Gasteiger partial charge is 0.397 e. The fraction of sp³-hybridized carbons (Fsp3) is 0.214. The zero-order valence-corrected chi connectivity index (χ0v) is 11.3. The maximum atomic E-state index is 12.3. The maximum Gasteiger partial charge on any atom is 0.231 e. The Morgan fingerprint density at radius 1 is 1.32 bits per heavy atom. The number of nitrogens with zero attached hydrogens (tertiary/aromatic N) is 1. The molecule has 2 aromatic rings. The molecule has 0 atom stereocenters. The zero-order valence-electron chi connectivity index (χ0n) is 10.5. The molecule has 4 nitrogen and oxygen atoms in total. The van der Waals surface area contributed by atoms with Crippen molar-refractivity contribution in [2.45, 2.75) is 6.42 Å². The molecule has 0 saturated carbocycles. The number of anilines is 2. The van der Waals surface area contributed by atoms with Gasteiger partial charge in [0.25, 0.3) is 0 Å². The van der Waals surface area contributed by atoms with Gasteiger partial charge >= 0.3 is 0 Å². The van der Waals surface area contributed by atoms with E-state index in [-0.39, 0.29) is 19.1 Å². The number of amides is 1. The van der Waals surface area contributed by atoms with Crippen LogP contribution in [0.25, 0.3) is 0 Å². The number of carbonyl (C=O) groups excluding carboxylic acids is 1. The van der Waals surface area contributed by atoms with E-state index in [0.29, 0.717) is 17.8 Å². The number of aliphatic hydroxyl groups is 1. The first-order chi connectivity index (χ1) is 9.22. The van der Waals surface area contributed by atoms with Crippen LogP contribution in [0.4, 0.5) is 11.4 Å². The van der Waals surface area contributed by atoms with E-state index >= 15 is 0 Å². The predicted octanol–water partition coefficient (Wildman–Crippen LogP) is 1.90. The molecular weight excluding hydrogens is 260 g/mol. The molecule has 0 aliphatic heterocycles. The zero-order chi connectivity index (χ0) is 13.7.